The first-order chi connectivity index (χ1) is 15.5. The fraction of sp³-hybridized carbons (Fsp3) is 0.304. The average Bonchev–Trinajstić information content (AvgIpc) is 3.37. The van der Waals surface area contributed by atoms with Gasteiger partial charge in [0.15, 0.2) is 17.2 Å². The molecule has 1 N–H and O–H groups in total. The Morgan fingerprint density at radius 3 is 2.62 bits per heavy atom. The second-order valence-corrected chi connectivity index (χ2v) is 8.72. The highest BCUT2D eigenvalue weighted by Crippen LogP contribution is 2.39. The number of unbranched alkanes of at least 4 members (excludes halogenated alkanes) is 1. The van der Waals surface area contributed by atoms with Crippen LogP contribution in [0.25, 0.3) is 0 Å². The molecular weight excluding hydrogens is 452 g/mol. The number of aryl methyl sites for hydroxylation is 1. The predicted octanol–water partition coefficient (Wildman–Crippen LogP) is 5.51. The van der Waals surface area contributed by atoms with E-state index in [0.717, 1.165) is 29.1 Å². The van der Waals surface area contributed by atoms with Gasteiger partial charge in [0.05, 0.1) is 13.7 Å². The van der Waals surface area contributed by atoms with Crippen molar-refractivity contribution in [3.8, 4) is 17.2 Å². The van der Waals surface area contributed by atoms with E-state index < -0.39 is 5.97 Å². The molecular formula is C23H23ClN2O5S. The number of carboxylic acid groups (broad SMARTS) is 1. The number of halogens is 1. The lowest BCUT2D eigenvalue weighted by atomic mass is 10.2. The van der Waals surface area contributed by atoms with Crippen molar-refractivity contribution >= 4 is 29.3 Å². The molecule has 1 aliphatic heterocycles. The summed E-state index contributed by atoms with van der Waals surface area (Å²) in [5.41, 5.74) is 0.841. The lowest BCUT2D eigenvalue weighted by Gasteiger charge is -2.14. The van der Waals surface area contributed by atoms with Gasteiger partial charge in [-0.1, -0.05) is 36.7 Å². The minimum Gasteiger partial charge on any atom is -0.497 e. The first-order valence-electron chi connectivity index (χ1n) is 10.2. The Labute approximate surface area is 195 Å². The van der Waals surface area contributed by atoms with Crippen molar-refractivity contribution in [3.63, 3.8) is 0 Å². The maximum Gasteiger partial charge on any atom is 0.357 e. The molecule has 1 aromatic heterocycles. The van der Waals surface area contributed by atoms with E-state index in [-0.39, 0.29) is 12.5 Å². The molecule has 1 aliphatic rings. The zero-order valence-electron chi connectivity index (χ0n) is 17.8. The summed E-state index contributed by atoms with van der Waals surface area (Å²) in [6, 6.07) is 11.1. The number of aromatic carboxylic acids is 1. The topological polar surface area (TPSA) is 82.8 Å². The van der Waals surface area contributed by atoms with Crippen molar-refractivity contribution in [2.75, 3.05) is 13.9 Å². The molecule has 0 radical (unpaired) electrons. The standard InChI is InChI=1S/C23H23ClN2O5S/c1-3-4-5-20-25-21(23(27)28)22(32-16-8-6-15(29-2)7-9-16)26(20)12-14-10-18-19(11-17(14)24)31-13-30-18/h6-11H,3-5,12-13H2,1-2H3,(H,27,28). The molecule has 0 bridgehead atoms. The molecule has 168 valence electrons. The molecule has 0 saturated heterocycles. The summed E-state index contributed by atoms with van der Waals surface area (Å²) in [6.45, 7) is 2.62. The summed E-state index contributed by atoms with van der Waals surface area (Å²) in [6.07, 6.45) is 2.54. The number of hydrogen-bond acceptors (Lipinski definition) is 6. The van der Waals surface area contributed by atoms with Crippen LogP contribution in [-0.4, -0.2) is 34.5 Å². The van der Waals surface area contributed by atoms with Gasteiger partial charge < -0.3 is 23.9 Å². The van der Waals surface area contributed by atoms with Crippen molar-refractivity contribution in [1.29, 1.82) is 0 Å². The number of fused-ring (bicyclic) bond motifs is 1. The van der Waals surface area contributed by atoms with E-state index in [1.807, 2.05) is 34.9 Å². The van der Waals surface area contributed by atoms with Gasteiger partial charge in [-0.15, -0.1) is 0 Å². The number of imidazole rings is 1. The zero-order chi connectivity index (χ0) is 22.7. The Bertz CT molecular complexity index is 1130. The number of ether oxygens (including phenoxy) is 3. The summed E-state index contributed by atoms with van der Waals surface area (Å²) >= 11 is 7.88. The van der Waals surface area contributed by atoms with Crippen molar-refractivity contribution in [3.05, 3.63) is 58.5 Å². The van der Waals surface area contributed by atoms with E-state index in [9.17, 15) is 9.90 Å². The first-order valence-corrected chi connectivity index (χ1v) is 11.4. The molecule has 0 unspecified atom stereocenters. The van der Waals surface area contributed by atoms with Gasteiger partial charge in [-0.05, 0) is 42.3 Å². The van der Waals surface area contributed by atoms with E-state index in [1.54, 1.807) is 13.2 Å². The Balaban J connectivity index is 1.76. The minimum absolute atomic E-state index is 0.0359. The maximum absolute atomic E-state index is 12.1. The molecule has 0 aliphatic carbocycles. The van der Waals surface area contributed by atoms with E-state index >= 15 is 0 Å². The highest BCUT2D eigenvalue weighted by molar-refractivity contribution is 7.99. The van der Waals surface area contributed by atoms with Crippen LogP contribution in [-0.2, 0) is 13.0 Å². The van der Waals surface area contributed by atoms with Gasteiger partial charge in [0.2, 0.25) is 6.79 Å². The quantitative estimate of drug-likeness (QED) is 0.437. The molecule has 0 atom stereocenters. The summed E-state index contributed by atoms with van der Waals surface area (Å²) in [5.74, 6) is 1.62. The third-order valence-corrected chi connectivity index (χ3v) is 6.57. The maximum atomic E-state index is 12.1. The van der Waals surface area contributed by atoms with Crippen molar-refractivity contribution < 1.29 is 24.1 Å². The Kier molecular flexibility index (Phi) is 6.81. The van der Waals surface area contributed by atoms with Crippen LogP contribution in [0.3, 0.4) is 0 Å². The van der Waals surface area contributed by atoms with Crippen LogP contribution in [0, 0.1) is 0 Å². The fourth-order valence-electron chi connectivity index (χ4n) is 3.42. The first kappa shape index (κ1) is 22.4. The molecule has 4 rings (SSSR count). The second-order valence-electron chi connectivity index (χ2n) is 7.25. The van der Waals surface area contributed by atoms with E-state index in [4.69, 9.17) is 25.8 Å². The van der Waals surface area contributed by atoms with Crippen LogP contribution >= 0.6 is 23.4 Å². The molecule has 2 aromatic carbocycles. The van der Waals surface area contributed by atoms with Gasteiger partial charge in [-0.3, -0.25) is 0 Å². The number of hydrogen-bond donors (Lipinski definition) is 1. The highest BCUT2D eigenvalue weighted by atomic mass is 35.5. The number of benzene rings is 2. The SMILES string of the molecule is CCCCc1nc(C(=O)O)c(Sc2ccc(OC)cc2)n1Cc1cc2c(cc1Cl)OCO2. The number of methoxy groups -OCH3 is 1. The van der Waals surface area contributed by atoms with Crippen LogP contribution in [0.5, 0.6) is 17.2 Å². The molecule has 2 heterocycles. The van der Waals surface area contributed by atoms with Crippen molar-refractivity contribution in [2.24, 2.45) is 0 Å². The lowest BCUT2D eigenvalue weighted by Crippen LogP contribution is -2.08. The number of carboxylic acids is 1. The summed E-state index contributed by atoms with van der Waals surface area (Å²) < 4.78 is 18.1. The van der Waals surface area contributed by atoms with E-state index in [1.165, 1.54) is 11.8 Å². The van der Waals surface area contributed by atoms with Gasteiger partial charge >= 0.3 is 5.97 Å². The van der Waals surface area contributed by atoms with Gasteiger partial charge in [-0.25, -0.2) is 9.78 Å². The third kappa shape index (κ3) is 4.66. The van der Waals surface area contributed by atoms with E-state index in [2.05, 4.69) is 11.9 Å². The largest absolute Gasteiger partial charge is 0.497 e. The number of rotatable bonds is 9. The molecule has 0 spiro atoms. The lowest BCUT2D eigenvalue weighted by molar-refractivity contribution is 0.0686. The van der Waals surface area contributed by atoms with Crippen LogP contribution in [0.15, 0.2) is 46.3 Å². The van der Waals surface area contributed by atoms with E-state index in [0.29, 0.717) is 40.3 Å². The Morgan fingerprint density at radius 2 is 1.97 bits per heavy atom. The van der Waals surface area contributed by atoms with Gasteiger partial charge in [0, 0.05) is 22.4 Å². The normalized spacial score (nSPS) is 12.2. The zero-order valence-corrected chi connectivity index (χ0v) is 19.3. The molecule has 3 aromatic rings. The van der Waals surface area contributed by atoms with Crippen LogP contribution in [0.4, 0.5) is 0 Å². The molecule has 0 amide bonds. The Hall–Kier alpha value is -2.84. The minimum atomic E-state index is -1.06. The average molecular weight is 475 g/mol. The second kappa shape index (κ2) is 9.75. The fourth-order valence-corrected chi connectivity index (χ4v) is 4.64. The van der Waals surface area contributed by atoms with Crippen LogP contribution in [0.1, 0.15) is 41.6 Å². The molecule has 0 saturated carbocycles. The van der Waals surface area contributed by atoms with Gasteiger partial charge in [0.25, 0.3) is 0 Å². The molecule has 7 nitrogen and oxygen atoms in total. The number of aromatic nitrogens is 2. The van der Waals surface area contributed by atoms with Gasteiger partial charge in [-0.2, -0.15) is 0 Å². The van der Waals surface area contributed by atoms with Crippen LogP contribution < -0.4 is 14.2 Å². The van der Waals surface area contributed by atoms with Crippen LogP contribution in [0.2, 0.25) is 5.02 Å². The monoisotopic (exact) mass is 474 g/mol. The van der Waals surface area contributed by atoms with Crippen molar-refractivity contribution in [2.45, 2.75) is 42.7 Å². The number of nitrogens with zero attached hydrogens (tertiary/aromatic N) is 2. The Morgan fingerprint density at radius 1 is 1.25 bits per heavy atom. The number of carbonyl (C=O) groups is 1. The molecule has 9 heteroatoms. The summed E-state index contributed by atoms with van der Waals surface area (Å²) in [7, 11) is 1.61. The third-order valence-electron chi connectivity index (χ3n) is 5.10. The highest BCUT2D eigenvalue weighted by Gasteiger charge is 2.25. The predicted molar refractivity (Wildman–Crippen MR) is 122 cm³/mol. The molecule has 0 fully saturated rings. The summed E-state index contributed by atoms with van der Waals surface area (Å²) in [5, 5.41) is 11.0. The van der Waals surface area contributed by atoms with Gasteiger partial charge in [0.1, 0.15) is 16.6 Å². The molecule has 32 heavy (non-hydrogen) atoms. The summed E-state index contributed by atoms with van der Waals surface area (Å²) in [4.78, 5) is 17.4. The van der Waals surface area contributed by atoms with Crippen molar-refractivity contribution in [1.82, 2.24) is 9.55 Å². The smallest absolute Gasteiger partial charge is 0.357 e.